The highest BCUT2D eigenvalue weighted by molar-refractivity contribution is 9.09. The Bertz CT molecular complexity index is 145. The monoisotopic (exact) mass is 219 g/mol. The highest BCUT2D eigenvalue weighted by atomic mass is 79.9. The van der Waals surface area contributed by atoms with Gasteiger partial charge in [-0.3, -0.25) is 4.79 Å². The van der Waals surface area contributed by atoms with Crippen molar-refractivity contribution in [2.75, 3.05) is 6.54 Å². The van der Waals surface area contributed by atoms with Crippen LogP contribution in [0.4, 0.5) is 0 Å². The lowest BCUT2D eigenvalue weighted by Crippen LogP contribution is -2.29. The molecule has 1 aliphatic rings. The standard InChI is InChI=1S/C8H14BrNO/c1-2-8(11)10-5-7(9)6-3-4-6/h6-7H,2-5H2,1H3,(H,10,11). The van der Waals surface area contributed by atoms with Crippen molar-refractivity contribution in [2.45, 2.75) is 31.0 Å². The highest BCUT2D eigenvalue weighted by Crippen LogP contribution is 2.36. The summed E-state index contributed by atoms with van der Waals surface area (Å²) in [5, 5.41) is 2.87. The van der Waals surface area contributed by atoms with Crippen molar-refractivity contribution >= 4 is 21.8 Å². The minimum atomic E-state index is 0.148. The van der Waals surface area contributed by atoms with E-state index in [1.54, 1.807) is 0 Å². The Morgan fingerprint density at radius 2 is 2.36 bits per heavy atom. The van der Waals surface area contributed by atoms with Crippen LogP contribution in [0, 0.1) is 5.92 Å². The first-order valence-corrected chi connectivity index (χ1v) is 5.06. The minimum Gasteiger partial charge on any atom is -0.355 e. The number of alkyl halides is 1. The Morgan fingerprint density at radius 1 is 1.73 bits per heavy atom. The van der Waals surface area contributed by atoms with E-state index in [2.05, 4.69) is 21.2 Å². The quantitative estimate of drug-likeness (QED) is 0.717. The van der Waals surface area contributed by atoms with E-state index in [0.29, 0.717) is 11.2 Å². The van der Waals surface area contributed by atoms with Gasteiger partial charge in [-0.25, -0.2) is 0 Å². The third-order valence-corrected chi connectivity index (χ3v) is 3.02. The average molecular weight is 220 g/mol. The fraction of sp³-hybridized carbons (Fsp3) is 0.875. The molecule has 0 aromatic heterocycles. The van der Waals surface area contributed by atoms with Crippen LogP contribution in [0.2, 0.25) is 0 Å². The van der Waals surface area contributed by atoms with E-state index in [1.807, 2.05) is 6.92 Å². The second kappa shape index (κ2) is 4.10. The van der Waals surface area contributed by atoms with Crippen LogP contribution < -0.4 is 5.32 Å². The molecule has 1 saturated carbocycles. The molecule has 1 rings (SSSR count). The SMILES string of the molecule is CCC(=O)NCC(Br)C1CC1. The van der Waals surface area contributed by atoms with Crippen LogP contribution in [0.15, 0.2) is 0 Å². The maximum atomic E-state index is 10.8. The van der Waals surface area contributed by atoms with Crippen molar-refractivity contribution in [3.8, 4) is 0 Å². The number of carbonyl (C=O) groups excluding carboxylic acids is 1. The van der Waals surface area contributed by atoms with Gasteiger partial charge in [0.15, 0.2) is 0 Å². The Balaban J connectivity index is 2.05. The summed E-state index contributed by atoms with van der Waals surface area (Å²) >= 11 is 3.55. The molecule has 0 radical (unpaired) electrons. The number of amides is 1. The molecule has 0 aromatic rings. The summed E-state index contributed by atoms with van der Waals surface area (Å²) in [6, 6.07) is 0. The number of nitrogens with one attached hydrogen (secondary N) is 1. The molecule has 1 fully saturated rings. The fourth-order valence-electron chi connectivity index (χ4n) is 0.961. The zero-order chi connectivity index (χ0) is 8.27. The summed E-state index contributed by atoms with van der Waals surface area (Å²) in [4.78, 5) is 11.3. The van der Waals surface area contributed by atoms with Crippen molar-refractivity contribution in [2.24, 2.45) is 5.92 Å². The first-order chi connectivity index (χ1) is 5.24. The summed E-state index contributed by atoms with van der Waals surface area (Å²) in [5.41, 5.74) is 0. The molecule has 0 spiro atoms. The fourth-order valence-corrected chi connectivity index (χ4v) is 1.65. The smallest absolute Gasteiger partial charge is 0.219 e. The van der Waals surface area contributed by atoms with Gasteiger partial charge in [-0.2, -0.15) is 0 Å². The molecule has 0 aromatic carbocycles. The van der Waals surface area contributed by atoms with Crippen LogP contribution in [-0.2, 0) is 4.79 Å². The van der Waals surface area contributed by atoms with Gasteiger partial charge < -0.3 is 5.32 Å². The molecule has 0 aliphatic heterocycles. The highest BCUT2D eigenvalue weighted by Gasteiger charge is 2.29. The molecule has 1 aliphatic carbocycles. The van der Waals surface area contributed by atoms with Gasteiger partial charge in [0, 0.05) is 17.8 Å². The molecule has 1 amide bonds. The van der Waals surface area contributed by atoms with Crippen LogP contribution in [0.1, 0.15) is 26.2 Å². The molecule has 1 N–H and O–H groups in total. The van der Waals surface area contributed by atoms with Crippen molar-refractivity contribution in [1.82, 2.24) is 5.32 Å². The molecule has 64 valence electrons. The zero-order valence-electron chi connectivity index (χ0n) is 6.77. The molecule has 1 unspecified atom stereocenters. The van der Waals surface area contributed by atoms with Crippen LogP contribution in [0.5, 0.6) is 0 Å². The normalized spacial score (nSPS) is 19.5. The second-order valence-electron chi connectivity index (χ2n) is 3.01. The number of rotatable bonds is 4. The molecule has 11 heavy (non-hydrogen) atoms. The Morgan fingerprint density at radius 3 is 2.82 bits per heavy atom. The van der Waals surface area contributed by atoms with Gasteiger partial charge in [-0.1, -0.05) is 22.9 Å². The molecule has 0 saturated heterocycles. The van der Waals surface area contributed by atoms with Gasteiger partial charge in [-0.05, 0) is 18.8 Å². The topological polar surface area (TPSA) is 29.1 Å². The number of hydrogen-bond acceptors (Lipinski definition) is 1. The predicted molar refractivity (Wildman–Crippen MR) is 48.7 cm³/mol. The van der Waals surface area contributed by atoms with E-state index < -0.39 is 0 Å². The second-order valence-corrected chi connectivity index (χ2v) is 4.19. The average Bonchev–Trinajstić information content (AvgIpc) is 2.81. The number of halogens is 1. The van der Waals surface area contributed by atoms with E-state index in [1.165, 1.54) is 12.8 Å². The molecule has 1 atom stereocenters. The van der Waals surface area contributed by atoms with Gasteiger partial charge in [0.25, 0.3) is 0 Å². The van der Waals surface area contributed by atoms with E-state index in [-0.39, 0.29) is 5.91 Å². The van der Waals surface area contributed by atoms with E-state index >= 15 is 0 Å². The molecule has 2 nitrogen and oxygen atoms in total. The van der Waals surface area contributed by atoms with Gasteiger partial charge in [-0.15, -0.1) is 0 Å². The van der Waals surface area contributed by atoms with Crippen LogP contribution in [0.25, 0.3) is 0 Å². The molecule has 3 heteroatoms. The van der Waals surface area contributed by atoms with Gasteiger partial charge in [0.05, 0.1) is 0 Å². The molecule has 0 heterocycles. The number of carbonyl (C=O) groups is 1. The lowest BCUT2D eigenvalue weighted by atomic mass is 10.3. The summed E-state index contributed by atoms with van der Waals surface area (Å²) in [6.45, 7) is 2.66. The third-order valence-electron chi connectivity index (χ3n) is 1.95. The largest absolute Gasteiger partial charge is 0.355 e. The predicted octanol–water partition coefficient (Wildman–Crippen LogP) is 1.69. The van der Waals surface area contributed by atoms with Gasteiger partial charge in [0.1, 0.15) is 0 Å². The van der Waals surface area contributed by atoms with Crippen molar-refractivity contribution in [3.05, 3.63) is 0 Å². The van der Waals surface area contributed by atoms with Gasteiger partial charge >= 0.3 is 0 Å². The maximum Gasteiger partial charge on any atom is 0.219 e. The first-order valence-electron chi connectivity index (χ1n) is 4.14. The summed E-state index contributed by atoms with van der Waals surface area (Å²) in [5.74, 6) is 0.960. The van der Waals surface area contributed by atoms with Crippen molar-refractivity contribution in [3.63, 3.8) is 0 Å². The van der Waals surface area contributed by atoms with Crippen molar-refractivity contribution in [1.29, 1.82) is 0 Å². The van der Waals surface area contributed by atoms with Crippen LogP contribution in [-0.4, -0.2) is 17.3 Å². The Kier molecular flexibility index (Phi) is 3.37. The minimum absolute atomic E-state index is 0.148. The van der Waals surface area contributed by atoms with E-state index in [0.717, 1.165) is 12.5 Å². The third kappa shape index (κ3) is 3.23. The lowest BCUT2D eigenvalue weighted by molar-refractivity contribution is -0.120. The Labute approximate surface area is 75.9 Å². The van der Waals surface area contributed by atoms with Crippen LogP contribution >= 0.6 is 15.9 Å². The summed E-state index contributed by atoms with van der Waals surface area (Å²) < 4.78 is 0. The maximum absolute atomic E-state index is 10.8. The Hall–Kier alpha value is -0.0500. The molecular formula is C8H14BrNO. The zero-order valence-corrected chi connectivity index (χ0v) is 8.36. The van der Waals surface area contributed by atoms with E-state index in [9.17, 15) is 4.79 Å². The molecular weight excluding hydrogens is 206 g/mol. The van der Waals surface area contributed by atoms with Crippen LogP contribution in [0.3, 0.4) is 0 Å². The van der Waals surface area contributed by atoms with Gasteiger partial charge in [0.2, 0.25) is 5.91 Å². The molecule has 0 bridgehead atoms. The lowest BCUT2D eigenvalue weighted by Gasteiger charge is -2.08. The first kappa shape index (κ1) is 9.04. The summed E-state index contributed by atoms with van der Waals surface area (Å²) in [7, 11) is 0. The summed E-state index contributed by atoms with van der Waals surface area (Å²) in [6.07, 6.45) is 3.22. The van der Waals surface area contributed by atoms with E-state index in [4.69, 9.17) is 0 Å². The van der Waals surface area contributed by atoms with Crippen molar-refractivity contribution < 1.29 is 4.79 Å². The number of hydrogen-bond donors (Lipinski definition) is 1.